The van der Waals surface area contributed by atoms with Gasteiger partial charge in [-0.05, 0) is 45.0 Å². The second-order valence-corrected chi connectivity index (χ2v) is 6.95. The van der Waals surface area contributed by atoms with E-state index in [0.29, 0.717) is 11.4 Å². The lowest BCUT2D eigenvalue weighted by molar-refractivity contribution is -0.115. The Kier molecular flexibility index (Phi) is 4.47. The van der Waals surface area contributed by atoms with E-state index in [9.17, 15) is 9.59 Å². The topological polar surface area (TPSA) is 79.8 Å². The molecule has 0 aliphatic rings. The number of nitrogens with one attached hydrogen (secondary N) is 2. The van der Waals surface area contributed by atoms with E-state index in [-0.39, 0.29) is 12.3 Å². The first kappa shape index (κ1) is 18.0. The molecule has 4 rings (SSSR count). The Labute approximate surface area is 162 Å². The minimum Gasteiger partial charge on any atom is -0.341 e. The molecule has 142 valence electrons. The molecule has 0 aliphatic carbocycles. The van der Waals surface area contributed by atoms with E-state index in [2.05, 4.69) is 38.9 Å². The highest BCUT2D eigenvalue weighted by Crippen LogP contribution is 2.31. The van der Waals surface area contributed by atoms with Gasteiger partial charge in [-0.3, -0.25) is 4.79 Å². The van der Waals surface area contributed by atoms with Crippen molar-refractivity contribution in [2.24, 2.45) is 0 Å². The number of rotatable bonds is 4. The van der Waals surface area contributed by atoms with Crippen molar-refractivity contribution >= 4 is 33.4 Å². The van der Waals surface area contributed by atoms with Gasteiger partial charge in [-0.2, -0.15) is 4.98 Å². The zero-order valence-corrected chi connectivity index (χ0v) is 16.2. The number of benzene rings is 2. The van der Waals surface area contributed by atoms with Crippen LogP contribution in [0.4, 0.5) is 5.69 Å². The predicted molar refractivity (Wildman–Crippen MR) is 112 cm³/mol. The van der Waals surface area contributed by atoms with Crippen LogP contribution in [0.25, 0.3) is 21.8 Å². The maximum atomic E-state index is 12.6. The molecule has 6 heteroatoms. The zero-order valence-electron chi connectivity index (χ0n) is 16.2. The summed E-state index contributed by atoms with van der Waals surface area (Å²) in [5, 5.41) is 5.27. The van der Waals surface area contributed by atoms with Gasteiger partial charge in [-0.1, -0.05) is 18.2 Å². The Balaban J connectivity index is 1.66. The summed E-state index contributed by atoms with van der Waals surface area (Å²) in [5.41, 5.74) is 4.71. The maximum Gasteiger partial charge on any atom is 0.345 e. The van der Waals surface area contributed by atoms with Crippen molar-refractivity contribution in [1.29, 1.82) is 0 Å². The van der Waals surface area contributed by atoms with Crippen LogP contribution in [-0.2, 0) is 17.8 Å². The molecular weight excluding hydrogens is 352 g/mol. The molecule has 0 spiro atoms. The summed E-state index contributed by atoms with van der Waals surface area (Å²) in [7, 11) is 0. The van der Waals surface area contributed by atoms with E-state index in [1.807, 2.05) is 30.3 Å². The first-order valence-electron chi connectivity index (χ1n) is 9.35. The van der Waals surface area contributed by atoms with Crippen LogP contribution in [0.15, 0.2) is 47.3 Å². The van der Waals surface area contributed by atoms with Crippen molar-refractivity contribution in [1.82, 2.24) is 14.5 Å². The Morgan fingerprint density at radius 3 is 2.61 bits per heavy atom. The fourth-order valence-electron chi connectivity index (χ4n) is 3.85. The highest BCUT2D eigenvalue weighted by atomic mass is 16.1. The van der Waals surface area contributed by atoms with Crippen LogP contribution in [0.3, 0.4) is 0 Å². The number of hydrogen-bond donors (Lipinski definition) is 2. The van der Waals surface area contributed by atoms with Crippen molar-refractivity contribution in [2.45, 2.75) is 33.7 Å². The van der Waals surface area contributed by atoms with Gasteiger partial charge >= 0.3 is 5.69 Å². The Bertz CT molecular complexity index is 1240. The Hall–Kier alpha value is -3.41. The second kappa shape index (κ2) is 6.96. The van der Waals surface area contributed by atoms with Crippen LogP contribution in [0.5, 0.6) is 0 Å². The van der Waals surface area contributed by atoms with Crippen LogP contribution in [0.2, 0.25) is 0 Å². The molecular formula is C22H22N4O2. The lowest BCUT2D eigenvalue weighted by Gasteiger charge is -2.10. The van der Waals surface area contributed by atoms with Crippen LogP contribution < -0.4 is 11.0 Å². The summed E-state index contributed by atoms with van der Waals surface area (Å²) in [6.45, 7) is 6.54. The van der Waals surface area contributed by atoms with Crippen LogP contribution in [0, 0.1) is 13.8 Å². The third kappa shape index (κ3) is 3.07. The molecule has 0 saturated heterocycles. The maximum absolute atomic E-state index is 12.6. The van der Waals surface area contributed by atoms with Gasteiger partial charge in [0.15, 0.2) is 0 Å². The lowest BCUT2D eigenvalue weighted by Crippen LogP contribution is -2.21. The fraction of sp³-hybridized carbons (Fsp3) is 0.227. The summed E-state index contributed by atoms with van der Waals surface area (Å²) in [6.07, 6.45) is 0.163. The number of amides is 1. The molecule has 6 nitrogen and oxygen atoms in total. The number of carbonyl (C=O) groups excluding carboxylic acids is 1. The first-order valence-corrected chi connectivity index (χ1v) is 9.35. The van der Waals surface area contributed by atoms with E-state index in [0.717, 1.165) is 28.7 Å². The van der Waals surface area contributed by atoms with Gasteiger partial charge in [-0.25, -0.2) is 4.79 Å². The van der Waals surface area contributed by atoms with Gasteiger partial charge in [0.1, 0.15) is 0 Å². The van der Waals surface area contributed by atoms with Crippen LogP contribution in [-0.4, -0.2) is 20.4 Å². The number of anilines is 1. The van der Waals surface area contributed by atoms with Gasteiger partial charge in [0.2, 0.25) is 5.91 Å². The number of aromatic nitrogens is 3. The number of aryl methyl sites for hydroxylation is 3. The normalized spacial score (nSPS) is 11.2. The fourth-order valence-corrected chi connectivity index (χ4v) is 3.85. The molecule has 4 aromatic rings. The van der Waals surface area contributed by atoms with Crippen molar-refractivity contribution < 1.29 is 4.79 Å². The zero-order chi connectivity index (χ0) is 19.8. The number of carbonyl (C=O) groups is 1. The quantitative estimate of drug-likeness (QED) is 0.572. The number of para-hydroxylation sites is 1. The molecule has 28 heavy (non-hydrogen) atoms. The van der Waals surface area contributed by atoms with Crippen LogP contribution in [0.1, 0.15) is 23.9 Å². The van der Waals surface area contributed by atoms with E-state index in [1.165, 1.54) is 10.9 Å². The van der Waals surface area contributed by atoms with Gasteiger partial charge < -0.3 is 14.9 Å². The summed E-state index contributed by atoms with van der Waals surface area (Å²) < 4.78 is 2.27. The lowest BCUT2D eigenvalue weighted by atomic mass is 10.1. The standard InChI is InChI=1S/C22H22N4O2/c1-4-26-19-8-6-5-7-16(19)18-11-15(9-10-20(18)26)25-21(27)12-17-13(2)23-22(28)24-14(17)3/h5-11H,4,12H2,1-3H3,(H,25,27)(H,23,24,28). The average Bonchev–Trinajstić information content (AvgIpc) is 2.98. The third-order valence-corrected chi connectivity index (χ3v) is 5.16. The smallest absolute Gasteiger partial charge is 0.341 e. The molecule has 0 radical (unpaired) electrons. The third-order valence-electron chi connectivity index (χ3n) is 5.16. The molecule has 0 unspecified atom stereocenters. The van der Waals surface area contributed by atoms with Gasteiger partial charge in [0.05, 0.1) is 6.42 Å². The number of H-pyrrole nitrogens is 1. The second-order valence-electron chi connectivity index (χ2n) is 6.95. The molecule has 2 aromatic heterocycles. The van der Waals surface area contributed by atoms with Crippen molar-refractivity contribution in [3.8, 4) is 0 Å². The molecule has 2 heterocycles. The van der Waals surface area contributed by atoms with Gasteiger partial charge in [-0.15, -0.1) is 0 Å². The van der Waals surface area contributed by atoms with E-state index >= 15 is 0 Å². The molecule has 0 atom stereocenters. The summed E-state index contributed by atoms with van der Waals surface area (Å²) >= 11 is 0. The largest absolute Gasteiger partial charge is 0.345 e. The molecule has 0 aliphatic heterocycles. The number of aromatic amines is 1. The summed E-state index contributed by atoms with van der Waals surface area (Å²) in [5.74, 6) is -0.140. The number of hydrogen-bond acceptors (Lipinski definition) is 3. The minimum absolute atomic E-state index is 0.140. The average molecular weight is 374 g/mol. The van der Waals surface area contributed by atoms with Crippen LogP contribution >= 0.6 is 0 Å². The molecule has 0 saturated carbocycles. The summed E-state index contributed by atoms with van der Waals surface area (Å²) in [4.78, 5) is 30.6. The SMILES string of the molecule is CCn1c2ccccc2c2cc(NC(=O)Cc3c(C)nc(=O)[nH]c3C)ccc21. The molecule has 1 amide bonds. The highest BCUT2D eigenvalue weighted by molar-refractivity contribution is 6.09. The predicted octanol–water partition coefficient (Wildman–Crippen LogP) is 3.70. The Morgan fingerprint density at radius 1 is 1.11 bits per heavy atom. The number of nitrogens with zero attached hydrogens (tertiary/aromatic N) is 2. The molecule has 2 N–H and O–H groups in total. The monoisotopic (exact) mass is 374 g/mol. The number of fused-ring (bicyclic) bond motifs is 3. The molecule has 2 aromatic carbocycles. The van der Waals surface area contributed by atoms with Crippen molar-refractivity contribution in [3.63, 3.8) is 0 Å². The van der Waals surface area contributed by atoms with Gasteiger partial charge in [0, 0.05) is 51.0 Å². The first-order chi connectivity index (χ1) is 13.5. The van der Waals surface area contributed by atoms with Crippen molar-refractivity contribution in [2.75, 3.05) is 5.32 Å². The van der Waals surface area contributed by atoms with E-state index in [1.54, 1.807) is 13.8 Å². The van der Waals surface area contributed by atoms with E-state index in [4.69, 9.17) is 0 Å². The highest BCUT2D eigenvalue weighted by Gasteiger charge is 2.13. The molecule has 0 fully saturated rings. The van der Waals surface area contributed by atoms with Gasteiger partial charge in [0.25, 0.3) is 0 Å². The molecule has 0 bridgehead atoms. The Morgan fingerprint density at radius 2 is 1.86 bits per heavy atom. The van der Waals surface area contributed by atoms with Crippen molar-refractivity contribution in [3.05, 3.63) is 69.9 Å². The summed E-state index contributed by atoms with van der Waals surface area (Å²) in [6, 6.07) is 14.3. The van der Waals surface area contributed by atoms with E-state index < -0.39 is 5.69 Å². The minimum atomic E-state index is -0.392.